The molecule has 0 atom stereocenters. The maximum absolute atomic E-state index is 12.5. The molecule has 0 N–H and O–H groups in total. The molecule has 0 bridgehead atoms. The number of hydrogen-bond donors (Lipinski definition) is 0. The summed E-state index contributed by atoms with van der Waals surface area (Å²) in [5.74, 6) is -0.577. The third-order valence-corrected chi connectivity index (χ3v) is 4.86. The second-order valence-corrected chi connectivity index (χ2v) is 7.89. The molecule has 1 aromatic carbocycles. The van der Waals surface area contributed by atoms with Gasteiger partial charge in [0, 0.05) is 11.8 Å². The molecule has 0 radical (unpaired) electrons. The fourth-order valence-corrected chi connectivity index (χ4v) is 3.18. The van der Waals surface area contributed by atoms with Gasteiger partial charge in [-0.25, -0.2) is 17.7 Å². The molecule has 2 heterocycles. The van der Waals surface area contributed by atoms with Crippen LogP contribution in [-0.4, -0.2) is 29.9 Å². The molecule has 2 aromatic heterocycles. The maximum Gasteiger partial charge on any atom is 0.314 e. The van der Waals surface area contributed by atoms with E-state index in [1.165, 1.54) is 12.3 Å². The Balaban J connectivity index is 1.83. The summed E-state index contributed by atoms with van der Waals surface area (Å²) < 4.78 is 55.3. The van der Waals surface area contributed by atoms with Gasteiger partial charge in [-0.1, -0.05) is 23.7 Å². The third-order valence-electron chi connectivity index (χ3n) is 3.52. The van der Waals surface area contributed by atoms with Gasteiger partial charge >= 0.3 is 6.43 Å². The standard InChI is InChI=1S/C16H13ClF2N4O3S/c1-27(24,25)23(13-7-6-12(17)8-20-13)9-10-2-4-11(5-3-10)15-21-22-16(26-15)14(18)19/h2-8,14H,9H2,1H3. The Kier molecular flexibility index (Phi) is 5.38. The molecule has 0 aliphatic carbocycles. The summed E-state index contributed by atoms with van der Waals surface area (Å²) in [5.41, 5.74) is 1.09. The maximum atomic E-state index is 12.5. The average Bonchev–Trinajstić information content (AvgIpc) is 3.11. The zero-order valence-corrected chi connectivity index (χ0v) is 15.5. The van der Waals surface area contributed by atoms with Crippen LogP contribution < -0.4 is 4.31 Å². The van der Waals surface area contributed by atoms with Gasteiger partial charge in [0.2, 0.25) is 15.9 Å². The van der Waals surface area contributed by atoms with Crippen LogP contribution in [0.2, 0.25) is 5.02 Å². The Hall–Kier alpha value is -2.59. The van der Waals surface area contributed by atoms with E-state index in [2.05, 4.69) is 15.2 Å². The second kappa shape index (κ2) is 7.57. The van der Waals surface area contributed by atoms with Gasteiger partial charge < -0.3 is 4.42 Å². The summed E-state index contributed by atoms with van der Waals surface area (Å²) in [4.78, 5) is 4.04. The second-order valence-electron chi connectivity index (χ2n) is 5.55. The highest BCUT2D eigenvalue weighted by Gasteiger charge is 2.20. The summed E-state index contributed by atoms with van der Waals surface area (Å²) in [6.45, 7) is 0.0276. The number of pyridine rings is 1. The van der Waals surface area contributed by atoms with Crippen molar-refractivity contribution in [2.75, 3.05) is 10.6 Å². The highest BCUT2D eigenvalue weighted by atomic mass is 35.5. The number of aromatic nitrogens is 3. The van der Waals surface area contributed by atoms with Crippen LogP contribution in [0.1, 0.15) is 17.9 Å². The lowest BCUT2D eigenvalue weighted by Crippen LogP contribution is -2.30. The van der Waals surface area contributed by atoms with Gasteiger partial charge in [-0.05, 0) is 29.8 Å². The molecule has 11 heteroatoms. The van der Waals surface area contributed by atoms with Gasteiger partial charge in [-0.3, -0.25) is 0 Å². The van der Waals surface area contributed by atoms with Crippen LogP contribution in [0.4, 0.5) is 14.6 Å². The van der Waals surface area contributed by atoms with E-state index in [-0.39, 0.29) is 18.3 Å². The molecule has 0 saturated carbocycles. The van der Waals surface area contributed by atoms with Crippen molar-refractivity contribution in [1.82, 2.24) is 15.2 Å². The van der Waals surface area contributed by atoms with Crippen molar-refractivity contribution in [1.29, 1.82) is 0 Å². The SMILES string of the molecule is CS(=O)(=O)N(Cc1ccc(-c2nnc(C(F)F)o2)cc1)c1ccc(Cl)cn1. The number of alkyl halides is 2. The predicted octanol–water partition coefficient (Wildman–Crippen LogP) is 3.69. The van der Waals surface area contributed by atoms with E-state index in [1.54, 1.807) is 30.3 Å². The van der Waals surface area contributed by atoms with Crippen molar-refractivity contribution in [2.24, 2.45) is 0 Å². The van der Waals surface area contributed by atoms with Crippen LogP contribution in [0.3, 0.4) is 0 Å². The molecule has 0 unspecified atom stereocenters. The summed E-state index contributed by atoms with van der Waals surface area (Å²) in [6.07, 6.45) is -0.420. The zero-order valence-electron chi connectivity index (χ0n) is 13.9. The molecule has 0 fully saturated rings. The first-order chi connectivity index (χ1) is 12.7. The first-order valence-electron chi connectivity index (χ1n) is 7.54. The van der Waals surface area contributed by atoms with Crippen molar-refractivity contribution >= 4 is 27.4 Å². The van der Waals surface area contributed by atoms with Crippen LogP contribution >= 0.6 is 11.6 Å². The minimum Gasteiger partial charge on any atom is -0.415 e. The van der Waals surface area contributed by atoms with Crippen LogP contribution in [0, 0.1) is 0 Å². The topological polar surface area (TPSA) is 89.2 Å². The smallest absolute Gasteiger partial charge is 0.314 e. The number of hydrogen-bond acceptors (Lipinski definition) is 6. The molecule has 0 aliphatic heterocycles. The molecule has 3 rings (SSSR count). The van der Waals surface area contributed by atoms with E-state index >= 15 is 0 Å². The van der Waals surface area contributed by atoms with E-state index in [0.717, 1.165) is 10.6 Å². The monoisotopic (exact) mass is 414 g/mol. The van der Waals surface area contributed by atoms with Crippen LogP contribution in [0.15, 0.2) is 47.0 Å². The van der Waals surface area contributed by atoms with Crippen LogP contribution in [0.25, 0.3) is 11.5 Å². The summed E-state index contributed by atoms with van der Waals surface area (Å²) in [7, 11) is -3.59. The van der Waals surface area contributed by atoms with Gasteiger partial charge in [0.15, 0.2) is 0 Å². The minimum atomic E-state index is -3.59. The van der Waals surface area contributed by atoms with Crippen LogP contribution in [0.5, 0.6) is 0 Å². The fraction of sp³-hybridized carbons (Fsp3) is 0.188. The molecule has 3 aromatic rings. The zero-order chi connectivity index (χ0) is 19.6. The largest absolute Gasteiger partial charge is 0.415 e. The van der Waals surface area contributed by atoms with E-state index in [4.69, 9.17) is 16.0 Å². The first-order valence-corrected chi connectivity index (χ1v) is 9.77. The third kappa shape index (κ3) is 4.58. The van der Waals surface area contributed by atoms with Gasteiger partial charge in [-0.15, -0.1) is 10.2 Å². The van der Waals surface area contributed by atoms with Crippen LogP contribution in [-0.2, 0) is 16.6 Å². The molecule has 0 saturated heterocycles. The Morgan fingerprint density at radius 1 is 1.15 bits per heavy atom. The Labute approximate surface area is 158 Å². The van der Waals surface area contributed by atoms with E-state index in [1.807, 2.05) is 0 Å². The molecule has 0 amide bonds. The first kappa shape index (κ1) is 19.2. The van der Waals surface area contributed by atoms with Crippen molar-refractivity contribution in [2.45, 2.75) is 13.0 Å². The summed E-state index contributed by atoms with van der Waals surface area (Å²) in [5, 5.41) is 7.22. The van der Waals surface area contributed by atoms with E-state index < -0.39 is 22.3 Å². The Morgan fingerprint density at radius 3 is 2.37 bits per heavy atom. The number of nitrogens with zero attached hydrogens (tertiary/aromatic N) is 4. The minimum absolute atomic E-state index is 0.0276. The van der Waals surface area contributed by atoms with Crippen molar-refractivity contribution in [3.05, 3.63) is 59.1 Å². The predicted molar refractivity (Wildman–Crippen MR) is 95.0 cm³/mol. The van der Waals surface area contributed by atoms with E-state index in [9.17, 15) is 17.2 Å². The molecular weight excluding hydrogens is 402 g/mol. The molecular formula is C16H13ClF2N4O3S. The molecule has 27 heavy (non-hydrogen) atoms. The quantitative estimate of drug-likeness (QED) is 0.611. The summed E-state index contributed by atoms with van der Waals surface area (Å²) >= 11 is 5.79. The lowest BCUT2D eigenvalue weighted by Gasteiger charge is -2.21. The average molecular weight is 415 g/mol. The lowest BCUT2D eigenvalue weighted by molar-refractivity contribution is 0.116. The number of benzene rings is 1. The van der Waals surface area contributed by atoms with Gasteiger partial charge in [0.25, 0.3) is 5.89 Å². The Morgan fingerprint density at radius 2 is 1.85 bits per heavy atom. The normalized spacial score (nSPS) is 11.7. The van der Waals surface area contributed by atoms with Gasteiger partial charge in [0.05, 0.1) is 17.8 Å². The highest BCUT2D eigenvalue weighted by Crippen LogP contribution is 2.25. The number of sulfonamides is 1. The summed E-state index contributed by atoms with van der Waals surface area (Å²) in [6, 6.07) is 9.47. The van der Waals surface area contributed by atoms with Gasteiger partial charge in [0.1, 0.15) is 5.82 Å². The Bertz CT molecular complexity index is 1020. The van der Waals surface area contributed by atoms with Gasteiger partial charge in [-0.2, -0.15) is 8.78 Å². The van der Waals surface area contributed by atoms with Crippen molar-refractivity contribution in [3.63, 3.8) is 0 Å². The lowest BCUT2D eigenvalue weighted by atomic mass is 10.1. The van der Waals surface area contributed by atoms with Crippen molar-refractivity contribution < 1.29 is 21.6 Å². The number of halogens is 3. The number of anilines is 1. The molecule has 142 valence electrons. The van der Waals surface area contributed by atoms with Crippen molar-refractivity contribution in [3.8, 4) is 11.5 Å². The fourth-order valence-electron chi connectivity index (χ4n) is 2.24. The number of rotatable bonds is 6. The molecule has 7 nitrogen and oxygen atoms in total. The molecule has 0 aliphatic rings. The van der Waals surface area contributed by atoms with E-state index in [0.29, 0.717) is 16.1 Å². The highest BCUT2D eigenvalue weighted by molar-refractivity contribution is 7.92. The molecule has 0 spiro atoms.